The van der Waals surface area contributed by atoms with Gasteiger partial charge in [0.15, 0.2) is 0 Å². The first-order valence-corrected chi connectivity index (χ1v) is 8.02. The second-order valence-corrected chi connectivity index (χ2v) is 6.21. The summed E-state index contributed by atoms with van der Waals surface area (Å²) in [5.41, 5.74) is 4.52. The van der Waals surface area contributed by atoms with E-state index in [1.54, 1.807) is 0 Å². The Balaban J connectivity index is 1.94. The summed E-state index contributed by atoms with van der Waals surface area (Å²) >= 11 is 0. The van der Waals surface area contributed by atoms with Crippen molar-refractivity contribution in [2.24, 2.45) is 0 Å². The van der Waals surface area contributed by atoms with Gasteiger partial charge in [-0.3, -0.25) is 4.79 Å². The molecule has 1 fully saturated rings. The van der Waals surface area contributed by atoms with Gasteiger partial charge in [0.1, 0.15) is 0 Å². The lowest BCUT2D eigenvalue weighted by Crippen LogP contribution is -2.33. The van der Waals surface area contributed by atoms with Crippen LogP contribution in [-0.2, 0) is 0 Å². The molecule has 3 heteroatoms. The fraction of sp³-hybridized carbons (Fsp3) is 0.300. The van der Waals surface area contributed by atoms with Crippen molar-refractivity contribution in [1.29, 1.82) is 5.26 Å². The summed E-state index contributed by atoms with van der Waals surface area (Å²) in [6.45, 7) is 4.95. The van der Waals surface area contributed by atoms with Crippen LogP contribution >= 0.6 is 0 Å². The molecule has 2 aromatic rings. The molecule has 0 saturated carbocycles. The molecule has 1 aliphatic rings. The van der Waals surface area contributed by atoms with E-state index >= 15 is 0 Å². The van der Waals surface area contributed by atoms with Crippen LogP contribution in [0.2, 0.25) is 0 Å². The van der Waals surface area contributed by atoms with Crippen LogP contribution in [0, 0.1) is 18.3 Å². The van der Waals surface area contributed by atoms with Crippen molar-refractivity contribution >= 4 is 5.91 Å². The SMILES string of the molecule is Cc1cc(C#N)ccc1-c1cccc(C(=O)N2CCC[C@@H]2C)c1. The highest BCUT2D eigenvalue weighted by molar-refractivity contribution is 5.96. The molecule has 1 amide bonds. The van der Waals surface area contributed by atoms with Gasteiger partial charge in [-0.15, -0.1) is 0 Å². The molecule has 116 valence electrons. The molecule has 0 radical (unpaired) electrons. The Bertz CT molecular complexity index is 788. The van der Waals surface area contributed by atoms with Crippen LogP contribution in [0.4, 0.5) is 0 Å². The first-order valence-electron chi connectivity index (χ1n) is 8.02. The van der Waals surface area contributed by atoms with Crippen molar-refractivity contribution in [2.75, 3.05) is 6.54 Å². The summed E-state index contributed by atoms with van der Waals surface area (Å²) < 4.78 is 0. The number of rotatable bonds is 2. The normalized spacial score (nSPS) is 17.1. The number of carbonyl (C=O) groups is 1. The van der Waals surface area contributed by atoms with Crippen LogP contribution in [0.5, 0.6) is 0 Å². The van der Waals surface area contributed by atoms with E-state index in [2.05, 4.69) is 13.0 Å². The molecule has 0 bridgehead atoms. The van der Waals surface area contributed by atoms with E-state index in [1.165, 1.54) is 0 Å². The average Bonchev–Trinajstić information content (AvgIpc) is 3.00. The Hall–Kier alpha value is -2.60. The Labute approximate surface area is 137 Å². The molecule has 1 atom stereocenters. The lowest BCUT2D eigenvalue weighted by Gasteiger charge is -2.21. The van der Waals surface area contributed by atoms with E-state index in [1.807, 2.05) is 54.3 Å². The molecular formula is C20H20N2O. The summed E-state index contributed by atoms with van der Waals surface area (Å²) in [4.78, 5) is 14.7. The van der Waals surface area contributed by atoms with Gasteiger partial charge in [-0.25, -0.2) is 0 Å². The number of nitrogens with zero attached hydrogens (tertiary/aromatic N) is 2. The van der Waals surface area contributed by atoms with Crippen LogP contribution in [0.15, 0.2) is 42.5 Å². The van der Waals surface area contributed by atoms with Gasteiger partial charge < -0.3 is 4.90 Å². The summed E-state index contributed by atoms with van der Waals surface area (Å²) in [7, 11) is 0. The third kappa shape index (κ3) is 2.98. The number of likely N-dealkylation sites (tertiary alicyclic amines) is 1. The summed E-state index contributed by atoms with van der Waals surface area (Å²) in [5, 5.41) is 8.99. The van der Waals surface area contributed by atoms with Gasteiger partial charge in [-0.2, -0.15) is 5.26 Å². The van der Waals surface area contributed by atoms with Crippen molar-refractivity contribution in [2.45, 2.75) is 32.7 Å². The van der Waals surface area contributed by atoms with Crippen molar-refractivity contribution in [3.05, 3.63) is 59.2 Å². The standard InChI is InChI=1S/C20H20N2O/c1-14-11-16(13-21)8-9-19(14)17-6-3-7-18(12-17)20(23)22-10-4-5-15(22)2/h3,6-9,11-12,15H,4-5,10H2,1-2H3/t15-/m0/s1. The highest BCUT2D eigenvalue weighted by Crippen LogP contribution is 2.26. The number of hydrogen-bond acceptors (Lipinski definition) is 2. The van der Waals surface area contributed by atoms with Gasteiger partial charge in [0.2, 0.25) is 0 Å². The molecule has 3 rings (SSSR count). The number of benzene rings is 2. The molecule has 3 nitrogen and oxygen atoms in total. The van der Waals surface area contributed by atoms with E-state index in [0.717, 1.165) is 41.6 Å². The van der Waals surface area contributed by atoms with Crippen molar-refractivity contribution in [3.63, 3.8) is 0 Å². The first-order chi connectivity index (χ1) is 11.1. The highest BCUT2D eigenvalue weighted by atomic mass is 16.2. The monoisotopic (exact) mass is 304 g/mol. The lowest BCUT2D eigenvalue weighted by molar-refractivity contribution is 0.0747. The molecule has 0 spiro atoms. The van der Waals surface area contributed by atoms with Gasteiger partial charge in [-0.1, -0.05) is 18.2 Å². The van der Waals surface area contributed by atoms with Gasteiger partial charge in [0.25, 0.3) is 5.91 Å². The molecule has 0 aromatic heterocycles. The van der Waals surface area contributed by atoms with E-state index in [0.29, 0.717) is 11.6 Å². The van der Waals surface area contributed by atoms with Crippen LogP contribution in [-0.4, -0.2) is 23.4 Å². The summed E-state index contributed by atoms with van der Waals surface area (Å²) in [6, 6.07) is 15.9. The van der Waals surface area contributed by atoms with Gasteiger partial charge >= 0.3 is 0 Å². The molecule has 0 unspecified atom stereocenters. The topological polar surface area (TPSA) is 44.1 Å². The fourth-order valence-electron chi connectivity index (χ4n) is 3.28. The van der Waals surface area contributed by atoms with Gasteiger partial charge in [0, 0.05) is 18.2 Å². The maximum absolute atomic E-state index is 12.7. The lowest BCUT2D eigenvalue weighted by atomic mass is 9.97. The Morgan fingerprint density at radius 2 is 2.09 bits per heavy atom. The minimum absolute atomic E-state index is 0.114. The van der Waals surface area contributed by atoms with Crippen LogP contribution in [0.25, 0.3) is 11.1 Å². The molecule has 1 saturated heterocycles. The predicted octanol–water partition coefficient (Wildman–Crippen LogP) is 4.16. The largest absolute Gasteiger partial charge is 0.336 e. The molecule has 1 aliphatic heterocycles. The second kappa shape index (κ2) is 6.26. The molecule has 0 N–H and O–H groups in total. The summed E-state index contributed by atoms with van der Waals surface area (Å²) in [6.07, 6.45) is 2.17. The van der Waals surface area contributed by atoms with Gasteiger partial charge in [0.05, 0.1) is 11.6 Å². The Morgan fingerprint density at radius 1 is 1.26 bits per heavy atom. The van der Waals surface area contributed by atoms with Crippen molar-refractivity contribution in [1.82, 2.24) is 4.90 Å². The number of nitriles is 1. The predicted molar refractivity (Wildman–Crippen MR) is 91.1 cm³/mol. The zero-order valence-electron chi connectivity index (χ0n) is 13.5. The molecule has 23 heavy (non-hydrogen) atoms. The van der Waals surface area contributed by atoms with Crippen LogP contribution in [0.3, 0.4) is 0 Å². The summed E-state index contributed by atoms with van der Waals surface area (Å²) in [5.74, 6) is 0.114. The maximum Gasteiger partial charge on any atom is 0.254 e. The zero-order chi connectivity index (χ0) is 16.4. The quantitative estimate of drug-likeness (QED) is 0.836. The smallest absolute Gasteiger partial charge is 0.254 e. The third-order valence-electron chi connectivity index (χ3n) is 4.59. The minimum atomic E-state index is 0.114. The second-order valence-electron chi connectivity index (χ2n) is 6.21. The van der Waals surface area contributed by atoms with E-state index < -0.39 is 0 Å². The third-order valence-corrected chi connectivity index (χ3v) is 4.59. The maximum atomic E-state index is 12.7. The Kier molecular flexibility index (Phi) is 4.16. The fourth-order valence-corrected chi connectivity index (χ4v) is 3.28. The minimum Gasteiger partial charge on any atom is -0.336 e. The van der Waals surface area contributed by atoms with Crippen LogP contribution in [0.1, 0.15) is 41.3 Å². The van der Waals surface area contributed by atoms with E-state index in [4.69, 9.17) is 5.26 Å². The molecular weight excluding hydrogens is 284 g/mol. The number of hydrogen-bond donors (Lipinski definition) is 0. The average molecular weight is 304 g/mol. The van der Waals surface area contributed by atoms with Crippen LogP contribution < -0.4 is 0 Å². The first kappa shape index (κ1) is 15.3. The number of carbonyl (C=O) groups excluding carboxylic acids is 1. The van der Waals surface area contributed by atoms with E-state index in [9.17, 15) is 4.79 Å². The number of amides is 1. The highest BCUT2D eigenvalue weighted by Gasteiger charge is 2.26. The molecule has 1 heterocycles. The van der Waals surface area contributed by atoms with Gasteiger partial charge in [-0.05, 0) is 67.6 Å². The molecule has 2 aromatic carbocycles. The number of aryl methyl sites for hydroxylation is 1. The van der Waals surface area contributed by atoms with Crippen molar-refractivity contribution in [3.8, 4) is 17.2 Å². The van der Waals surface area contributed by atoms with E-state index in [-0.39, 0.29) is 5.91 Å². The molecule has 0 aliphatic carbocycles. The zero-order valence-corrected chi connectivity index (χ0v) is 13.5. The Morgan fingerprint density at radius 3 is 2.74 bits per heavy atom. The van der Waals surface area contributed by atoms with Crippen molar-refractivity contribution < 1.29 is 4.79 Å².